The summed E-state index contributed by atoms with van der Waals surface area (Å²) in [6, 6.07) is 7.34. The van der Waals surface area contributed by atoms with Crippen molar-refractivity contribution in [2.24, 2.45) is 0 Å². The molecule has 0 atom stereocenters. The summed E-state index contributed by atoms with van der Waals surface area (Å²) >= 11 is 5.08. The van der Waals surface area contributed by atoms with Gasteiger partial charge in [0.2, 0.25) is 0 Å². The molecule has 2 rings (SSSR count). The highest BCUT2D eigenvalue weighted by Gasteiger charge is 2.02. The average Bonchev–Trinajstić information content (AvgIpc) is 2.73. The number of hydrogen-bond donors (Lipinski definition) is 2. The van der Waals surface area contributed by atoms with Crippen LogP contribution in [-0.2, 0) is 6.54 Å². The van der Waals surface area contributed by atoms with Gasteiger partial charge in [0, 0.05) is 18.3 Å². The molecule has 3 nitrogen and oxygen atoms in total. The van der Waals surface area contributed by atoms with Gasteiger partial charge in [0.05, 0.1) is 10.9 Å². The lowest BCUT2D eigenvalue weighted by Gasteiger charge is -2.08. The molecule has 0 aliphatic rings. The first-order valence-corrected chi connectivity index (χ1v) is 6.70. The lowest BCUT2D eigenvalue weighted by atomic mass is 10.2. The third kappa shape index (κ3) is 3.14. The van der Waals surface area contributed by atoms with E-state index in [4.69, 9.17) is 4.74 Å². The number of benzene rings is 1. The first-order valence-electron chi connectivity index (χ1n) is 5.03. The molecule has 1 aromatic heterocycles. The highest BCUT2D eigenvalue weighted by molar-refractivity contribution is 9.11. The molecule has 1 aromatic carbocycles. The van der Waals surface area contributed by atoms with Crippen LogP contribution in [0.15, 0.2) is 33.4 Å². The molecule has 2 N–H and O–H groups in total. The Morgan fingerprint density at radius 1 is 1.41 bits per heavy atom. The number of ether oxygens (including phenoxy) is 1. The van der Waals surface area contributed by atoms with Crippen LogP contribution in [0, 0.1) is 0 Å². The molecule has 0 amide bonds. The van der Waals surface area contributed by atoms with Crippen LogP contribution in [-0.4, -0.2) is 12.2 Å². The van der Waals surface area contributed by atoms with Crippen LogP contribution in [0.3, 0.4) is 0 Å². The SMILES string of the molecule is COc1ccc(NCc2csc(Br)c2)cc1O. The van der Waals surface area contributed by atoms with Gasteiger partial charge in [0.1, 0.15) is 0 Å². The van der Waals surface area contributed by atoms with Gasteiger partial charge in [-0.1, -0.05) is 0 Å². The fourth-order valence-electron chi connectivity index (χ4n) is 1.44. The lowest BCUT2D eigenvalue weighted by Crippen LogP contribution is -1.97. The van der Waals surface area contributed by atoms with E-state index in [0.29, 0.717) is 5.75 Å². The second-order valence-corrected chi connectivity index (χ2v) is 5.79. The maximum absolute atomic E-state index is 9.62. The highest BCUT2D eigenvalue weighted by Crippen LogP contribution is 2.29. The Hall–Kier alpha value is -1.20. The number of aromatic hydroxyl groups is 1. The zero-order chi connectivity index (χ0) is 12.3. The zero-order valence-corrected chi connectivity index (χ0v) is 11.6. The summed E-state index contributed by atoms with van der Waals surface area (Å²) in [7, 11) is 1.53. The van der Waals surface area contributed by atoms with E-state index in [1.165, 1.54) is 12.7 Å². The van der Waals surface area contributed by atoms with E-state index < -0.39 is 0 Å². The molecule has 0 aliphatic heterocycles. The Balaban J connectivity index is 2.02. The minimum atomic E-state index is 0.143. The fraction of sp³-hybridized carbons (Fsp3) is 0.167. The minimum absolute atomic E-state index is 0.143. The number of thiophene rings is 1. The summed E-state index contributed by atoms with van der Waals surface area (Å²) < 4.78 is 6.10. The number of methoxy groups -OCH3 is 1. The maximum Gasteiger partial charge on any atom is 0.160 e. The van der Waals surface area contributed by atoms with E-state index in [1.807, 2.05) is 6.07 Å². The molecule has 17 heavy (non-hydrogen) atoms. The van der Waals surface area contributed by atoms with Crippen molar-refractivity contribution in [3.8, 4) is 11.5 Å². The van der Waals surface area contributed by atoms with Crippen molar-refractivity contribution in [2.75, 3.05) is 12.4 Å². The smallest absolute Gasteiger partial charge is 0.160 e. The number of hydrogen-bond acceptors (Lipinski definition) is 4. The van der Waals surface area contributed by atoms with Gasteiger partial charge in [-0.05, 0) is 45.1 Å². The van der Waals surface area contributed by atoms with Gasteiger partial charge in [-0.15, -0.1) is 11.3 Å². The van der Waals surface area contributed by atoms with Crippen molar-refractivity contribution in [2.45, 2.75) is 6.54 Å². The summed E-state index contributed by atoms with van der Waals surface area (Å²) in [6.07, 6.45) is 0. The Morgan fingerprint density at radius 3 is 2.82 bits per heavy atom. The molecule has 2 aromatic rings. The van der Waals surface area contributed by atoms with Gasteiger partial charge in [-0.3, -0.25) is 0 Å². The first kappa shape index (κ1) is 12.3. The summed E-state index contributed by atoms with van der Waals surface area (Å²) in [5.74, 6) is 0.623. The van der Waals surface area contributed by atoms with Crippen LogP contribution in [0.5, 0.6) is 11.5 Å². The fourth-order valence-corrected chi connectivity index (χ4v) is 2.65. The van der Waals surface area contributed by atoms with Crippen molar-refractivity contribution >= 4 is 33.0 Å². The molecular weight excluding hydrogens is 302 g/mol. The van der Waals surface area contributed by atoms with Gasteiger partial charge < -0.3 is 15.2 Å². The predicted octanol–water partition coefficient (Wildman–Crippen LogP) is 3.84. The topological polar surface area (TPSA) is 41.5 Å². The third-order valence-corrected chi connectivity index (χ3v) is 3.85. The minimum Gasteiger partial charge on any atom is -0.504 e. The van der Waals surface area contributed by atoms with Gasteiger partial charge >= 0.3 is 0 Å². The van der Waals surface area contributed by atoms with Crippen molar-refractivity contribution in [1.82, 2.24) is 0 Å². The molecule has 0 aliphatic carbocycles. The molecule has 0 fully saturated rings. The molecule has 1 heterocycles. The van der Waals surface area contributed by atoms with Crippen LogP contribution >= 0.6 is 27.3 Å². The zero-order valence-electron chi connectivity index (χ0n) is 9.24. The van der Waals surface area contributed by atoms with Crippen molar-refractivity contribution < 1.29 is 9.84 Å². The lowest BCUT2D eigenvalue weighted by molar-refractivity contribution is 0.373. The van der Waals surface area contributed by atoms with Gasteiger partial charge in [-0.25, -0.2) is 0 Å². The number of anilines is 1. The molecular formula is C12H12BrNO2S. The average molecular weight is 314 g/mol. The van der Waals surface area contributed by atoms with E-state index in [0.717, 1.165) is 16.0 Å². The van der Waals surface area contributed by atoms with Gasteiger partial charge in [0.25, 0.3) is 0 Å². The van der Waals surface area contributed by atoms with E-state index >= 15 is 0 Å². The van der Waals surface area contributed by atoms with Crippen LogP contribution in [0.4, 0.5) is 5.69 Å². The molecule has 5 heteroatoms. The molecule has 0 unspecified atom stereocenters. The van der Waals surface area contributed by atoms with Crippen molar-refractivity contribution in [1.29, 1.82) is 0 Å². The Kier molecular flexibility index (Phi) is 3.91. The number of nitrogens with one attached hydrogen (secondary N) is 1. The third-order valence-electron chi connectivity index (χ3n) is 2.30. The Morgan fingerprint density at radius 2 is 2.24 bits per heavy atom. The van der Waals surface area contributed by atoms with E-state index in [1.54, 1.807) is 23.5 Å². The van der Waals surface area contributed by atoms with Crippen molar-refractivity contribution in [3.63, 3.8) is 0 Å². The number of rotatable bonds is 4. The normalized spacial score (nSPS) is 10.2. The number of phenolic OH excluding ortho intramolecular Hbond substituents is 1. The van der Waals surface area contributed by atoms with Crippen LogP contribution < -0.4 is 10.1 Å². The second kappa shape index (κ2) is 5.42. The molecule has 0 saturated heterocycles. The second-order valence-electron chi connectivity index (χ2n) is 3.50. The summed E-state index contributed by atoms with van der Waals surface area (Å²) in [6.45, 7) is 0.730. The molecule has 0 saturated carbocycles. The number of halogens is 1. The summed E-state index contributed by atoms with van der Waals surface area (Å²) in [4.78, 5) is 0. The van der Waals surface area contributed by atoms with Crippen LogP contribution in [0.2, 0.25) is 0 Å². The first-order chi connectivity index (χ1) is 8.19. The van der Waals surface area contributed by atoms with E-state index in [2.05, 4.69) is 32.7 Å². The highest BCUT2D eigenvalue weighted by atomic mass is 79.9. The standard InChI is InChI=1S/C12H12BrNO2S/c1-16-11-3-2-9(5-10(11)15)14-6-8-4-12(13)17-7-8/h2-5,7,14-15H,6H2,1H3. The molecule has 0 spiro atoms. The van der Waals surface area contributed by atoms with Crippen LogP contribution in [0.1, 0.15) is 5.56 Å². The van der Waals surface area contributed by atoms with E-state index in [-0.39, 0.29) is 5.75 Å². The maximum atomic E-state index is 9.62. The molecule has 0 bridgehead atoms. The Bertz CT molecular complexity index is 513. The summed E-state index contributed by atoms with van der Waals surface area (Å²) in [5.41, 5.74) is 2.07. The molecule has 0 radical (unpaired) electrons. The summed E-state index contributed by atoms with van der Waals surface area (Å²) in [5, 5.41) is 14.9. The number of phenols is 1. The molecule has 90 valence electrons. The van der Waals surface area contributed by atoms with Crippen LogP contribution in [0.25, 0.3) is 0 Å². The van der Waals surface area contributed by atoms with Crippen molar-refractivity contribution in [3.05, 3.63) is 39.0 Å². The van der Waals surface area contributed by atoms with Gasteiger partial charge in [0.15, 0.2) is 11.5 Å². The van der Waals surface area contributed by atoms with E-state index in [9.17, 15) is 5.11 Å². The Labute approximate surface area is 112 Å². The quantitative estimate of drug-likeness (QED) is 0.901. The largest absolute Gasteiger partial charge is 0.504 e. The van der Waals surface area contributed by atoms with Gasteiger partial charge in [-0.2, -0.15) is 0 Å². The monoisotopic (exact) mass is 313 g/mol. The predicted molar refractivity (Wildman–Crippen MR) is 74.0 cm³/mol.